The van der Waals surface area contributed by atoms with Gasteiger partial charge < -0.3 is 15.5 Å². The van der Waals surface area contributed by atoms with Crippen molar-refractivity contribution in [3.8, 4) is 0 Å². The van der Waals surface area contributed by atoms with Crippen LogP contribution >= 0.6 is 0 Å². The zero-order chi connectivity index (χ0) is 16.7. The number of hydrogen-bond donors (Lipinski definition) is 3. The van der Waals surface area contributed by atoms with Gasteiger partial charge in [0, 0.05) is 13.0 Å². The van der Waals surface area contributed by atoms with E-state index in [0.717, 1.165) is 11.1 Å². The van der Waals surface area contributed by atoms with Crippen LogP contribution in [0.4, 0.5) is 0 Å². The molecule has 23 heavy (non-hydrogen) atoms. The van der Waals surface area contributed by atoms with Gasteiger partial charge in [0.1, 0.15) is 0 Å². The molecule has 3 N–H and O–H groups in total. The molecule has 1 amide bonds. The van der Waals surface area contributed by atoms with E-state index in [-0.39, 0.29) is 12.3 Å². The van der Waals surface area contributed by atoms with E-state index < -0.39 is 18.1 Å². The highest BCUT2D eigenvalue weighted by atomic mass is 16.3. The monoisotopic (exact) mass is 313 g/mol. The fourth-order valence-corrected chi connectivity index (χ4v) is 2.36. The maximum atomic E-state index is 12.1. The molecule has 2 aromatic carbocycles. The van der Waals surface area contributed by atoms with E-state index >= 15 is 0 Å². The van der Waals surface area contributed by atoms with Crippen LogP contribution in [0, 0.1) is 5.92 Å². The van der Waals surface area contributed by atoms with Crippen LogP contribution in [0.3, 0.4) is 0 Å². The molecule has 0 aliphatic carbocycles. The van der Waals surface area contributed by atoms with Gasteiger partial charge in [-0.25, -0.2) is 0 Å². The van der Waals surface area contributed by atoms with E-state index in [2.05, 4.69) is 5.32 Å². The molecule has 3 atom stereocenters. The van der Waals surface area contributed by atoms with Crippen LogP contribution in [0.25, 0.3) is 0 Å². The number of amides is 1. The standard InChI is InChI=1S/C19H23NO3/c1-14(19(23)20-13-15-8-4-2-5-9-15)17(21)12-18(22)16-10-6-3-7-11-16/h2-11,14,17-18,21-22H,12-13H2,1H3,(H,20,23)/t14-,17-,18-/m1/s1. The number of aliphatic hydroxyl groups excluding tert-OH is 2. The summed E-state index contributed by atoms with van der Waals surface area (Å²) in [5.41, 5.74) is 1.75. The molecule has 4 nitrogen and oxygen atoms in total. The Morgan fingerprint density at radius 2 is 1.57 bits per heavy atom. The summed E-state index contributed by atoms with van der Waals surface area (Å²) in [6.07, 6.45) is -1.55. The second-order valence-electron chi connectivity index (χ2n) is 5.72. The highest BCUT2D eigenvalue weighted by molar-refractivity contribution is 5.78. The third kappa shape index (κ3) is 5.20. The zero-order valence-corrected chi connectivity index (χ0v) is 13.2. The van der Waals surface area contributed by atoms with Crippen molar-refractivity contribution < 1.29 is 15.0 Å². The number of rotatable bonds is 7. The second kappa shape index (κ2) is 8.46. The molecular weight excluding hydrogens is 290 g/mol. The molecule has 0 aromatic heterocycles. The van der Waals surface area contributed by atoms with Crippen LogP contribution in [-0.4, -0.2) is 22.2 Å². The van der Waals surface area contributed by atoms with Gasteiger partial charge in [0.2, 0.25) is 5.91 Å². The number of hydrogen-bond acceptors (Lipinski definition) is 3. The first-order chi connectivity index (χ1) is 11.1. The van der Waals surface area contributed by atoms with Crippen molar-refractivity contribution in [1.82, 2.24) is 5.32 Å². The minimum absolute atomic E-state index is 0.129. The lowest BCUT2D eigenvalue weighted by molar-refractivity contribution is -0.128. The Morgan fingerprint density at radius 1 is 1.00 bits per heavy atom. The van der Waals surface area contributed by atoms with E-state index in [1.807, 2.05) is 48.5 Å². The van der Waals surface area contributed by atoms with Crippen molar-refractivity contribution in [2.75, 3.05) is 0 Å². The van der Waals surface area contributed by atoms with E-state index in [1.165, 1.54) is 0 Å². The van der Waals surface area contributed by atoms with Crippen LogP contribution in [0.2, 0.25) is 0 Å². The normalized spacial score (nSPS) is 14.7. The largest absolute Gasteiger partial charge is 0.392 e. The number of benzene rings is 2. The quantitative estimate of drug-likeness (QED) is 0.735. The van der Waals surface area contributed by atoms with Crippen LogP contribution < -0.4 is 5.32 Å². The summed E-state index contributed by atoms with van der Waals surface area (Å²) in [6, 6.07) is 18.7. The lowest BCUT2D eigenvalue weighted by Crippen LogP contribution is -2.36. The van der Waals surface area contributed by atoms with E-state index in [0.29, 0.717) is 6.54 Å². The molecule has 0 spiro atoms. The van der Waals surface area contributed by atoms with Gasteiger partial charge in [0.25, 0.3) is 0 Å². The minimum Gasteiger partial charge on any atom is -0.392 e. The number of carbonyl (C=O) groups is 1. The van der Waals surface area contributed by atoms with Gasteiger partial charge >= 0.3 is 0 Å². The highest BCUT2D eigenvalue weighted by Gasteiger charge is 2.24. The van der Waals surface area contributed by atoms with Crippen molar-refractivity contribution >= 4 is 5.91 Å². The molecule has 2 aromatic rings. The van der Waals surface area contributed by atoms with E-state index in [4.69, 9.17) is 0 Å². The average molecular weight is 313 g/mol. The van der Waals surface area contributed by atoms with Crippen LogP contribution in [-0.2, 0) is 11.3 Å². The summed E-state index contributed by atoms with van der Waals surface area (Å²) in [6.45, 7) is 2.10. The Morgan fingerprint density at radius 3 is 2.17 bits per heavy atom. The van der Waals surface area contributed by atoms with E-state index in [9.17, 15) is 15.0 Å². The topological polar surface area (TPSA) is 69.6 Å². The van der Waals surface area contributed by atoms with Gasteiger partial charge in [-0.2, -0.15) is 0 Å². The Bertz CT molecular complexity index is 601. The highest BCUT2D eigenvalue weighted by Crippen LogP contribution is 2.21. The van der Waals surface area contributed by atoms with Gasteiger partial charge in [-0.3, -0.25) is 4.79 Å². The number of nitrogens with one attached hydrogen (secondary N) is 1. The third-order valence-electron chi connectivity index (χ3n) is 3.95. The first-order valence-electron chi connectivity index (χ1n) is 7.80. The molecule has 0 saturated heterocycles. The first-order valence-corrected chi connectivity index (χ1v) is 7.80. The number of carbonyl (C=O) groups excluding carboxylic acids is 1. The summed E-state index contributed by atoms with van der Waals surface area (Å²) >= 11 is 0. The summed E-state index contributed by atoms with van der Waals surface area (Å²) in [5, 5.41) is 23.1. The lowest BCUT2D eigenvalue weighted by Gasteiger charge is -2.21. The summed E-state index contributed by atoms with van der Waals surface area (Å²) < 4.78 is 0. The van der Waals surface area contributed by atoms with Crippen molar-refractivity contribution in [2.24, 2.45) is 5.92 Å². The first kappa shape index (κ1) is 17.2. The van der Waals surface area contributed by atoms with E-state index in [1.54, 1.807) is 19.1 Å². The second-order valence-corrected chi connectivity index (χ2v) is 5.72. The molecule has 0 unspecified atom stereocenters. The van der Waals surface area contributed by atoms with Gasteiger partial charge in [-0.15, -0.1) is 0 Å². The SMILES string of the molecule is C[C@@H](C(=O)NCc1ccccc1)[C@H](O)C[C@@H](O)c1ccccc1. The van der Waals surface area contributed by atoms with Crippen molar-refractivity contribution in [2.45, 2.75) is 32.1 Å². The van der Waals surface area contributed by atoms with Gasteiger partial charge in [-0.1, -0.05) is 67.6 Å². The van der Waals surface area contributed by atoms with Crippen molar-refractivity contribution in [1.29, 1.82) is 0 Å². The Kier molecular flexibility index (Phi) is 6.32. The maximum Gasteiger partial charge on any atom is 0.225 e. The van der Waals surface area contributed by atoms with Gasteiger partial charge in [0.15, 0.2) is 0 Å². The predicted octanol–water partition coefficient (Wildman–Crippen LogP) is 2.42. The smallest absolute Gasteiger partial charge is 0.225 e. The van der Waals surface area contributed by atoms with Crippen LogP contribution in [0.5, 0.6) is 0 Å². The Hall–Kier alpha value is -2.17. The Labute approximate surface area is 136 Å². The predicted molar refractivity (Wildman–Crippen MR) is 89.5 cm³/mol. The molecule has 0 aliphatic rings. The molecule has 0 aliphatic heterocycles. The third-order valence-corrected chi connectivity index (χ3v) is 3.95. The summed E-state index contributed by atoms with van der Waals surface area (Å²) in [4.78, 5) is 12.1. The van der Waals surface area contributed by atoms with Crippen LogP contribution in [0.15, 0.2) is 60.7 Å². The van der Waals surface area contributed by atoms with Crippen LogP contribution in [0.1, 0.15) is 30.6 Å². The number of aliphatic hydroxyl groups is 2. The van der Waals surface area contributed by atoms with Crippen molar-refractivity contribution in [3.05, 3.63) is 71.8 Å². The van der Waals surface area contributed by atoms with Gasteiger partial charge in [-0.05, 0) is 11.1 Å². The minimum atomic E-state index is -0.902. The van der Waals surface area contributed by atoms with Crippen molar-refractivity contribution in [3.63, 3.8) is 0 Å². The fraction of sp³-hybridized carbons (Fsp3) is 0.316. The molecular formula is C19H23NO3. The molecule has 0 saturated carbocycles. The summed E-state index contributed by atoms with van der Waals surface area (Å²) in [5.74, 6) is -0.807. The molecule has 0 radical (unpaired) electrons. The lowest BCUT2D eigenvalue weighted by atomic mass is 9.95. The fourth-order valence-electron chi connectivity index (χ4n) is 2.36. The molecule has 0 fully saturated rings. The maximum absolute atomic E-state index is 12.1. The zero-order valence-electron chi connectivity index (χ0n) is 13.2. The molecule has 2 rings (SSSR count). The molecule has 122 valence electrons. The Balaban J connectivity index is 1.83. The van der Waals surface area contributed by atoms with Gasteiger partial charge in [0.05, 0.1) is 18.1 Å². The summed E-state index contributed by atoms with van der Waals surface area (Å²) in [7, 11) is 0. The molecule has 0 bridgehead atoms. The average Bonchev–Trinajstić information content (AvgIpc) is 2.60. The molecule has 4 heteroatoms. The molecule has 0 heterocycles.